The molecule has 12 heavy (non-hydrogen) atoms. The fraction of sp³-hybridized carbons (Fsp3) is 0.875. The van der Waals surface area contributed by atoms with Gasteiger partial charge in [0.2, 0.25) is 0 Å². The molecule has 0 saturated carbocycles. The van der Waals surface area contributed by atoms with E-state index in [1.165, 1.54) is 0 Å². The highest BCUT2D eigenvalue weighted by atomic mass is 16.0. The molecule has 4 nitrogen and oxygen atoms in total. The van der Waals surface area contributed by atoms with Crippen LogP contribution in [0.2, 0.25) is 0 Å². The summed E-state index contributed by atoms with van der Waals surface area (Å²) in [4.78, 5) is 5.97. The average Bonchev–Trinajstić information content (AvgIpc) is 1.87. The summed E-state index contributed by atoms with van der Waals surface area (Å²) in [6.45, 7) is 3.11. The molecule has 0 saturated heterocycles. The van der Waals surface area contributed by atoms with Gasteiger partial charge in [0, 0.05) is 0 Å². The zero-order chi connectivity index (χ0) is 8.69. The van der Waals surface area contributed by atoms with Crippen molar-refractivity contribution >= 4 is 6.01 Å². The maximum Gasteiger partial charge on any atom is 0.0864 e. The van der Waals surface area contributed by atoms with E-state index >= 15 is 0 Å². The molecular weight excluding hydrogens is 154 g/mol. The molecule has 72 valence electrons. The van der Waals surface area contributed by atoms with E-state index in [4.69, 9.17) is 5.41 Å². The maximum absolute atomic E-state index is 6.63. The molecule has 0 aromatic heterocycles. The molecule has 0 aliphatic carbocycles. The summed E-state index contributed by atoms with van der Waals surface area (Å²) in [5, 5.41) is 6.63. The topological polar surface area (TPSA) is 71.0 Å². The minimum absolute atomic E-state index is 0. The first-order valence-electron chi connectivity index (χ1n) is 3.93. The van der Waals surface area contributed by atoms with E-state index < -0.39 is 0 Å². The van der Waals surface area contributed by atoms with Gasteiger partial charge in [-0.25, -0.2) is 10.4 Å². The number of hydrogen-bond donors (Lipinski definition) is 1. The Morgan fingerprint density at radius 1 is 1.50 bits per heavy atom. The van der Waals surface area contributed by atoms with E-state index in [-0.39, 0.29) is 11.5 Å². The first-order valence-corrected chi connectivity index (χ1v) is 3.93. The van der Waals surface area contributed by atoms with E-state index in [1.54, 1.807) is 0 Å². The molecule has 1 unspecified atom stereocenters. The normalized spacial score (nSPS) is 11.7. The number of nitrogens with zero attached hydrogens (tertiary/aromatic N) is 2. The van der Waals surface area contributed by atoms with Crippen LogP contribution in [0.5, 0.6) is 0 Å². The minimum Gasteiger partial charge on any atom is -0.412 e. The Hall–Kier alpha value is -0.700. The van der Waals surface area contributed by atoms with E-state index in [1.807, 2.05) is 6.92 Å². The summed E-state index contributed by atoms with van der Waals surface area (Å²) in [5.74, 6) is 0. The predicted octanol–water partition coefficient (Wildman–Crippen LogP) is 0.645. The van der Waals surface area contributed by atoms with Gasteiger partial charge in [-0.15, -0.1) is 0 Å². The molecule has 0 aromatic rings. The SMILES string of the molecule is CC(CCCN(C)C)N=C=N.O. The summed E-state index contributed by atoms with van der Waals surface area (Å²) in [6, 6.07) is 2.32. The van der Waals surface area contributed by atoms with E-state index in [2.05, 4.69) is 30.0 Å². The van der Waals surface area contributed by atoms with Crippen LogP contribution in [0, 0.1) is 5.41 Å². The molecule has 0 amide bonds. The van der Waals surface area contributed by atoms with Crippen molar-refractivity contribution in [2.24, 2.45) is 4.99 Å². The van der Waals surface area contributed by atoms with Gasteiger partial charge in [0.15, 0.2) is 0 Å². The van der Waals surface area contributed by atoms with Crippen LogP contribution in [0.15, 0.2) is 4.99 Å². The molecule has 0 aliphatic heterocycles. The molecule has 0 fully saturated rings. The summed E-state index contributed by atoms with van der Waals surface area (Å²) >= 11 is 0. The van der Waals surface area contributed by atoms with Crippen LogP contribution in [0.1, 0.15) is 19.8 Å². The number of rotatable bonds is 5. The molecule has 0 aromatic carbocycles. The summed E-state index contributed by atoms with van der Waals surface area (Å²) in [6.07, 6.45) is 2.18. The third-order valence-electron chi connectivity index (χ3n) is 1.51. The molecule has 0 radical (unpaired) electrons. The molecule has 4 heteroatoms. The maximum atomic E-state index is 6.63. The minimum atomic E-state index is 0. The van der Waals surface area contributed by atoms with Gasteiger partial charge in [-0.2, -0.15) is 0 Å². The largest absolute Gasteiger partial charge is 0.412 e. The van der Waals surface area contributed by atoms with Crippen molar-refractivity contribution in [1.82, 2.24) is 4.90 Å². The Kier molecular flexibility index (Phi) is 9.70. The van der Waals surface area contributed by atoms with Crippen molar-refractivity contribution in [2.45, 2.75) is 25.8 Å². The van der Waals surface area contributed by atoms with Crippen molar-refractivity contribution in [2.75, 3.05) is 20.6 Å². The van der Waals surface area contributed by atoms with Gasteiger partial charge >= 0.3 is 0 Å². The van der Waals surface area contributed by atoms with E-state index in [9.17, 15) is 0 Å². The molecule has 0 rings (SSSR count). The zero-order valence-corrected chi connectivity index (χ0v) is 8.09. The lowest BCUT2D eigenvalue weighted by atomic mass is 10.2. The molecule has 0 spiro atoms. The van der Waals surface area contributed by atoms with Crippen LogP contribution in [-0.2, 0) is 0 Å². The highest BCUT2D eigenvalue weighted by Crippen LogP contribution is 1.99. The van der Waals surface area contributed by atoms with Crippen LogP contribution in [-0.4, -0.2) is 43.1 Å². The van der Waals surface area contributed by atoms with Gasteiger partial charge in [-0.1, -0.05) is 0 Å². The Balaban J connectivity index is 0. The molecule has 0 heterocycles. The van der Waals surface area contributed by atoms with Gasteiger partial charge in [0.25, 0.3) is 0 Å². The van der Waals surface area contributed by atoms with Crippen molar-refractivity contribution in [3.05, 3.63) is 0 Å². The lowest BCUT2D eigenvalue weighted by Crippen LogP contribution is -2.14. The van der Waals surface area contributed by atoms with Crippen molar-refractivity contribution in [1.29, 1.82) is 5.41 Å². The first kappa shape index (κ1) is 13.9. The number of aliphatic imine (C=N–C) groups is 1. The van der Waals surface area contributed by atoms with Crippen LogP contribution in [0.4, 0.5) is 0 Å². The van der Waals surface area contributed by atoms with Crippen molar-refractivity contribution < 1.29 is 5.48 Å². The summed E-state index contributed by atoms with van der Waals surface area (Å²) in [7, 11) is 4.12. The van der Waals surface area contributed by atoms with Gasteiger partial charge < -0.3 is 10.4 Å². The van der Waals surface area contributed by atoms with Crippen molar-refractivity contribution in [3.63, 3.8) is 0 Å². The third kappa shape index (κ3) is 9.30. The predicted molar refractivity (Wildman–Crippen MR) is 51.0 cm³/mol. The highest BCUT2D eigenvalue weighted by Gasteiger charge is 1.97. The quantitative estimate of drug-likeness (QED) is 0.609. The lowest BCUT2D eigenvalue weighted by molar-refractivity contribution is 0.388. The Labute approximate surface area is 74.1 Å². The summed E-state index contributed by atoms with van der Waals surface area (Å²) in [5.41, 5.74) is 0. The molecule has 0 bridgehead atoms. The summed E-state index contributed by atoms with van der Waals surface area (Å²) < 4.78 is 0. The fourth-order valence-electron chi connectivity index (χ4n) is 0.878. The van der Waals surface area contributed by atoms with E-state index in [0.717, 1.165) is 19.4 Å². The average molecular weight is 173 g/mol. The van der Waals surface area contributed by atoms with Gasteiger partial charge in [-0.05, 0) is 40.4 Å². The van der Waals surface area contributed by atoms with E-state index in [0.29, 0.717) is 0 Å². The Morgan fingerprint density at radius 3 is 2.50 bits per heavy atom. The second-order valence-corrected chi connectivity index (χ2v) is 3.04. The molecule has 0 aliphatic rings. The number of nitrogens with one attached hydrogen (secondary N) is 1. The second kappa shape index (κ2) is 8.40. The lowest BCUT2D eigenvalue weighted by Gasteiger charge is -2.09. The second-order valence-electron chi connectivity index (χ2n) is 3.04. The fourth-order valence-corrected chi connectivity index (χ4v) is 0.878. The standard InChI is InChI=1S/C8H17N3.H2O/c1-8(10-7-9)5-4-6-11(2)3;/h8-9H,4-6H2,1-3H3;1H2. The smallest absolute Gasteiger partial charge is 0.0864 e. The monoisotopic (exact) mass is 173 g/mol. The highest BCUT2D eigenvalue weighted by molar-refractivity contribution is 5.36. The Morgan fingerprint density at radius 2 is 2.08 bits per heavy atom. The molecular formula is C8H19N3O. The first-order chi connectivity index (χ1) is 5.16. The van der Waals surface area contributed by atoms with Gasteiger partial charge in [-0.3, -0.25) is 0 Å². The van der Waals surface area contributed by atoms with Crippen LogP contribution in [0.3, 0.4) is 0 Å². The third-order valence-corrected chi connectivity index (χ3v) is 1.51. The van der Waals surface area contributed by atoms with Gasteiger partial charge in [0.05, 0.1) is 12.1 Å². The van der Waals surface area contributed by atoms with Crippen LogP contribution >= 0.6 is 0 Å². The molecule has 1 atom stereocenters. The molecule has 3 N–H and O–H groups in total. The van der Waals surface area contributed by atoms with Crippen LogP contribution in [0.25, 0.3) is 0 Å². The Bertz CT molecular complexity index is 141. The van der Waals surface area contributed by atoms with Crippen LogP contribution < -0.4 is 0 Å². The number of hydrogen-bond acceptors (Lipinski definition) is 3. The van der Waals surface area contributed by atoms with Gasteiger partial charge in [0.1, 0.15) is 0 Å². The zero-order valence-electron chi connectivity index (χ0n) is 8.09. The van der Waals surface area contributed by atoms with Crippen molar-refractivity contribution in [3.8, 4) is 0 Å².